The fourth-order valence-corrected chi connectivity index (χ4v) is 4.16. The highest BCUT2D eigenvalue weighted by Crippen LogP contribution is 2.28. The van der Waals surface area contributed by atoms with E-state index in [0.717, 1.165) is 42.9 Å². The molecule has 2 heterocycles. The minimum absolute atomic E-state index is 0.0197. The van der Waals surface area contributed by atoms with Crippen molar-refractivity contribution in [1.82, 2.24) is 9.88 Å². The number of nitrogens with zero attached hydrogens (tertiary/aromatic N) is 3. The van der Waals surface area contributed by atoms with Crippen LogP contribution in [0.5, 0.6) is 0 Å². The third-order valence-electron chi connectivity index (χ3n) is 5.56. The molecule has 1 saturated heterocycles. The van der Waals surface area contributed by atoms with Crippen molar-refractivity contribution in [1.29, 1.82) is 0 Å². The Kier molecular flexibility index (Phi) is 6.16. The fourth-order valence-electron chi connectivity index (χ4n) is 4.03. The molecule has 1 amide bonds. The van der Waals surface area contributed by atoms with Crippen LogP contribution >= 0.6 is 11.6 Å². The minimum Gasteiger partial charge on any atom is -0.368 e. The van der Waals surface area contributed by atoms with E-state index >= 15 is 0 Å². The molecule has 3 aromatic rings. The summed E-state index contributed by atoms with van der Waals surface area (Å²) in [5, 5.41) is 4.56. The Balaban J connectivity index is 1.44. The Morgan fingerprint density at radius 1 is 1.13 bits per heavy atom. The normalized spacial score (nSPS) is 15.9. The molecule has 4 rings (SSSR count). The van der Waals surface area contributed by atoms with Gasteiger partial charge in [-0.2, -0.15) is 4.39 Å². The van der Waals surface area contributed by atoms with E-state index in [4.69, 9.17) is 11.6 Å². The van der Waals surface area contributed by atoms with Gasteiger partial charge in [-0.15, -0.1) is 0 Å². The molecule has 0 bridgehead atoms. The number of nitrogens with one attached hydrogen (secondary N) is 1. The smallest absolute Gasteiger partial charge is 0.241 e. The van der Waals surface area contributed by atoms with Crippen LogP contribution in [0.25, 0.3) is 10.9 Å². The number of halogens is 2. The summed E-state index contributed by atoms with van der Waals surface area (Å²) in [4.78, 5) is 21.2. The van der Waals surface area contributed by atoms with Crippen molar-refractivity contribution in [2.75, 3.05) is 36.4 Å². The molecule has 1 aliphatic heterocycles. The van der Waals surface area contributed by atoms with Crippen molar-refractivity contribution in [2.45, 2.75) is 19.4 Å². The van der Waals surface area contributed by atoms with Gasteiger partial charge in [0.25, 0.3) is 0 Å². The van der Waals surface area contributed by atoms with Gasteiger partial charge in [0, 0.05) is 48.3 Å². The molecule has 1 fully saturated rings. The summed E-state index contributed by atoms with van der Waals surface area (Å²) in [6.07, 6.45) is 0.715. The predicted molar refractivity (Wildman–Crippen MR) is 120 cm³/mol. The molecule has 1 unspecified atom stereocenters. The lowest BCUT2D eigenvalue weighted by atomic mass is 10.1. The van der Waals surface area contributed by atoms with Crippen LogP contribution in [-0.2, 0) is 4.79 Å². The van der Waals surface area contributed by atoms with E-state index in [1.165, 1.54) is 6.07 Å². The average molecular weight is 427 g/mol. The number of fused-ring (bicyclic) bond motifs is 1. The summed E-state index contributed by atoms with van der Waals surface area (Å²) in [5.74, 6) is -0.492. The van der Waals surface area contributed by atoms with E-state index in [0.29, 0.717) is 17.0 Å². The first-order chi connectivity index (χ1) is 14.5. The number of hydrogen-bond donors (Lipinski definition) is 1. The van der Waals surface area contributed by atoms with E-state index in [-0.39, 0.29) is 11.9 Å². The molecule has 1 N–H and O–H groups in total. The molecule has 0 saturated carbocycles. The van der Waals surface area contributed by atoms with E-state index < -0.39 is 5.95 Å². The number of carbonyl (C=O) groups is 1. The highest BCUT2D eigenvalue weighted by atomic mass is 35.5. The summed E-state index contributed by atoms with van der Waals surface area (Å²) < 4.78 is 14.0. The van der Waals surface area contributed by atoms with E-state index in [2.05, 4.69) is 20.1 Å². The lowest BCUT2D eigenvalue weighted by molar-refractivity contribution is -0.121. The second-order valence-corrected chi connectivity index (χ2v) is 7.86. The first kappa shape index (κ1) is 20.6. The van der Waals surface area contributed by atoms with Gasteiger partial charge >= 0.3 is 0 Å². The maximum Gasteiger partial charge on any atom is 0.241 e. The molecular formula is C23H24ClFN4O. The minimum atomic E-state index is -0.472. The van der Waals surface area contributed by atoms with Gasteiger partial charge in [-0.1, -0.05) is 36.7 Å². The second kappa shape index (κ2) is 8.98. The first-order valence-corrected chi connectivity index (χ1v) is 10.5. The first-order valence-electron chi connectivity index (χ1n) is 10.2. The van der Waals surface area contributed by atoms with Crippen LogP contribution in [0, 0.1) is 5.95 Å². The molecule has 0 aliphatic carbocycles. The zero-order valence-corrected chi connectivity index (χ0v) is 17.6. The third-order valence-corrected chi connectivity index (χ3v) is 5.81. The summed E-state index contributed by atoms with van der Waals surface area (Å²) in [7, 11) is 0. The van der Waals surface area contributed by atoms with Gasteiger partial charge in [0.15, 0.2) is 0 Å². The zero-order chi connectivity index (χ0) is 21.1. The van der Waals surface area contributed by atoms with Crippen LogP contribution in [0.2, 0.25) is 5.02 Å². The second-order valence-electron chi connectivity index (χ2n) is 7.42. The number of piperazine rings is 1. The number of hydrogen-bond acceptors (Lipinski definition) is 4. The number of benzene rings is 2. The Labute approximate surface area is 180 Å². The highest BCUT2D eigenvalue weighted by Gasteiger charge is 2.28. The van der Waals surface area contributed by atoms with Gasteiger partial charge in [-0.25, -0.2) is 4.98 Å². The van der Waals surface area contributed by atoms with Gasteiger partial charge in [-0.05, 0) is 36.8 Å². The van der Waals surface area contributed by atoms with Crippen molar-refractivity contribution in [3.8, 4) is 0 Å². The van der Waals surface area contributed by atoms with Crippen LogP contribution in [0.15, 0.2) is 54.6 Å². The zero-order valence-electron chi connectivity index (χ0n) is 16.8. The van der Waals surface area contributed by atoms with Gasteiger partial charge < -0.3 is 10.2 Å². The fraction of sp³-hybridized carbons (Fsp3) is 0.304. The average Bonchev–Trinajstić information content (AvgIpc) is 2.76. The summed E-state index contributed by atoms with van der Waals surface area (Å²) in [6.45, 7) is 4.91. The Hall–Kier alpha value is -2.70. The van der Waals surface area contributed by atoms with Crippen LogP contribution in [-0.4, -0.2) is 48.0 Å². The number of rotatable bonds is 5. The topological polar surface area (TPSA) is 48.5 Å². The summed E-state index contributed by atoms with van der Waals surface area (Å²) in [6, 6.07) is 16.0. The highest BCUT2D eigenvalue weighted by molar-refractivity contribution is 6.30. The number of para-hydroxylation sites is 1. The molecule has 156 valence electrons. The maximum atomic E-state index is 14.0. The molecule has 2 aromatic carbocycles. The number of carbonyl (C=O) groups excluding carboxylic acids is 1. The Bertz CT molecular complexity index is 1040. The van der Waals surface area contributed by atoms with Gasteiger partial charge in [0.1, 0.15) is 0 Å². The monoisotopic (exact) mass is 426 g/mol. The van der Waals surface area contributed by atoms with Crippen molar-refractivity contribution in [3.63, 3.8) is 0 Å². The van der Waals surface area contributed by atoms with Crippen molar-refractivity contribution < 1.29 is 9.18 Å². The molecule has 1 aromatic heterocycles. The van der Waals surface area contributed by atoms with E-state index in [9.17, 15) is 9.18 Å². The molecule has 7 heteroatoms. The lowest BCUT2D eigenvalue weighted by Crippen LogP contribution is -2.53. The molecule has 0 spiro atoms. The Morgan fingerprint density at radius 2 is 1.83 bits per heavy atom. The molecule has 30 heavy (non-hydrogen) atoms. The van der Waals surface area contributed by atoms with Crippen LogP contribution in [0.3, 0.4) is 0 Å². The molecule has 0 radical (unpaired) electrons. The van der Waals surface area contributed by atoms with Crippen LogP contribution in [0.1, 0.15) is 13.3 Å². The van der Waals surface area contributed by atoms with Crippen molar-refractivity contribution >= 4 is 39.8 Å². The van der Waals surface area contributed by atoms with E-state index in [1.54, 1.807) is 24.3 Å². The van der Waals surface area contributed by atoms with Gasteiger partial charge in [-0.3, -0.25) is 9.69 Å². The molecular weight excluding hydrogens is 403 g/mol. The van der Waals surface area contributed by atoms with Gasteiger partial charge in [0.05, 0.1) is 17.2 Å². The SMILES string of the molecule is CCC(C(=O)Nc1ccc(Cl)cc1)N1CCN(c2cc(F)nc3ccccc23)CC1. The molecule has 5 nitrogen and oxygen atoms in total. The summed E-state index contributed by atoms with van der Waals surface area (Å²) in [5.41, 5.74) is 2.25. The van der Waals surface area contributed by atoms with Crippen molar-refractivity contribution in [3.05, 3.63) is 65.6 Å². The van der Waals surface area contributed by atoms with Crippen LogP contribution < -0.4 is 10.2 Å². The van der Waals surface area contributed by atoms with Crippen LogP contribution in [0.4, 0.5) is 15.8 Å². The number of amides is 1. The number of pyridine rings is 1. The lowest BCUT2D eigenvalue weighted by Gasteiger charge is -2.39. The van der Waals surface area contributed by atoms with Gasteiger partial charge in [0.2, 0.25) is 11.9 Å². The number of anilines is 2. The predicted octanol–water partition coefficient (Wildman–Crippen LogP) is 4.57. The molecule has 1 aliphatic rings. The largest absolute Gasteiger partial charge is 0.368 e. The molecule has 1 atom stereocenters. The number of aromatic nitrogens is 1. The quantitative estimate of drug-likeness (QED) is 0.607. The maximum absolute atomic E-state index is 14.0. The van der Waals surface area contributed by atoms with Crippen molar-refractivity contribution in [2.24, 2.45) is 0 Å². The summed E-state index contributed by atoms with van der Waals surface area (Å²) >= 11 is 5.92. The standard InChI is InChI=1S/C23H24ClFN4O/c1-2-20(23(30)26-17-9-7-16(24)8-10-17)28-11-13-29(14-12-28)21-15-22(25)27-19-6-4-3-5-18(19)21/h3-10,15,20H,2,11-14H2,1H3,(H,26,30). The van der Waals surface area contributed by atoms with E-state index in [1.807, 2.05) is 31.2 Å². The Morgan fingerprint density at radius 3 is 2.53 bits per heavy atom. The third kappa shape index (κ3) is 4.40.